The van der Waals surface area contributed by atoms with Crippen molar-refractivity contribution in [3.63, 3.8) is 0 Å². The molecule has 0 aromatic heterocycles. The SMILES string of the molecule is CCOC(=O)C1CCOC(=O)O1. The van der Waals surface area contributed by atoms with Gasteiger partial charge in [-0.15, -0.1) is 0 Å². The Kier molecular flexibility index (Phi) is 2.90. The van der Waals surface area contributed by atoms with Crippen LogP contribution >= 0.6 is 0 Å². The van der Waals surface area contributed by atoms with Gasteiger partial charge >= 0.3 is 12.1 Å². The van der Waals surface area contributed by atoms with Gasteiger partial charge in [0.25, 0.3) is 0 Å². The highest BCUT2D eigenvalue weighted by molar-refractivity contribution is 5.78. The Morgan fingerprint density at radius 1 is 1.75 bits per heavy atom. The third-order valence-electron chi connectivity index (χ3n) is 1.39. The van der Waals surface area contributed by atoms with Gasteiger partial charge in [-0.1, -0.05) is 0 Å². The van der Waals surface area contributed by atoms with Crippen molar-refractivity contribution < 1.29 is 23.8 Å². The minimum Gasteiger partial charge on any atom is -0.463 e. The van der Waals surface area contributed by atoms with Crippen LogP contribution in [0.3, 0.4) is 0 Å². The van der Waals surface area contributed by atoms with Crippen molar-refractivity contribution in [2.45, 2.75) is 19.4 Å². The van der Waals surface area contributed by atoms with E-state index in [0.717, 1.165) is 0 Å². The molecule has 0 aromatic carbocycles. The molecule has 1 aliphatic heterocycles. The van der Waals surface area contributed by atoms with Crippen LogP contribution in [0, 0.1) is 0 Å². The quantitative estimate of drug-likeness (QED) is 0.569. The number of hydrogen-bond acceptors (Lipinski definition) is 5. The second-order valence-corrected chi connectivity index (χ2v) is 2.25. The molecule has 5 nitrogen and oxygen atoms in total. The maximum Gasteiger partial charge on any atom is 0.509 e. The summed E-state index contributed by atoms with van der Waals surface area (Å²) >= 11 is 0. The van der Waals surface area contributed by atoms with Crippen LogP contribution < -0.4 is 0 Å². The molecule has 0 saturated carbocycles. The molecular formula is C7H10O5. The van der Waals surface area contributed by atoms with Crippen molar-refractivity contribution in [3.8, 4) is 0 Å². The first-order chi connectivity index (χ1) is 5.74. The van der Waals surface area contributed by atoms with Gasteiger partial charge in [-0.2, -0.15) is 0 Å². The summed E-state index contributed by atoms with van der Waals surface area (Å²) in [6, 6.07) is 0. The highest BCUT2D eigenvalue weighted by atomic mass is 16.7. The molecule has 1 unspecified atom stereocenters. The fourth-order valence-corrected chi connectivity index (χ4v) is 0.860. The van der Waals surface area contributed by atoms with Crippen LogP contribution in [0.1, 0.15) is 13.3 Å². The number of ether oxygens (including phenoxy) is 3. The molecule has 12 heavy (non-hydrogen) atoms. The van der Waals surface area contributed by atoms with Gasteiger partial charge in [0.1, 0.15) is 0 Å². The molecule has 68 valence electrons. The second-order valence-electron chi connectivity index (χ2n) is 2.25. The lowest BCUT2D eigenvalue weighted by Gasteiger charge is -2.20. The van der Waals surface area contributed by atoms with E-state index in [4.69, 9.17) is 0 Å². The fraction of sp³-hybridized carbons (Fsp3) is 0.714. The van der Waals surface area contributed by atoms with Crippen molar-refractivity contribution in [2.75, 3.05) is 13.2 Å². The molecule has 1 aliphatic rings. The molecule has 1 atom stereocenters. The topological polar surface area (TPSA) is 61.8 Å². The molecule has 0 aromatic rings. The van der Waals surface area contributed by atoms with E-state index in [-0.39, 0.29) is 13.2 Å². The summed E-state index contributed by atoms with van der Waals surface area (Å²) in [5.74, 6) is -0.505. The molecule has 0 radical (unpaired) electrons. The lowest BCUT2D eigenvalue weighted by Crippen LogP contribution is -2.35. The Hall–Kier alpha value is -1.26. The zero-order valence-electron chi connectivity index (χ0n) is 6.74. The maximum absolute atomic E-state index is 11.0. The summed E-state index contributed by atoms with van der Waals surface area (Å²) in [7, 11) is 0. The molecule has 1 fully saturated rings. The first-order valence-electron chi connectivity index (χ1n) is 3.74. The van der Waals surface area contributed by atoms with Crippen LogP contribution in [0.4, 0.5) is 4.79 Å². The predicted octanol–water partition coefficient (Wildman–Crippen LogP) is 0.475. The summed E-state index contributed by atoms with van der Waals surface area (Å²) in [6.07, 6.45) is -1.23. The molecule has 0 bridgehead atoms. The van der Waals surface area contributed by atoms with Gasteiger partial charge in [0.15, 0.2) is 0 Å². The molecule has 0 aliphatic carbocycles. The van der Waals surface area contributed by atoms with Gasteiger partial charge in [0, 0.05) is 6.42 Å². The smallest absolute Gasteiger partial charge is 0.463 e. The maximum atomic E-state index is 11.0. The van der Waals surface area contributed by atoms with Crippen LogP contribution in [0.2, 0.25) is 0 Å². The number of cyclic esters (lactones) is 2. The van der Waals surface area contributed by atoms with E-state index >= 15 is 0 Å². The third kappa shape index (κ3) is 2.11. The normalized spacial score (nSPS) is 22.4. The molecule has 0 N–H and O–H groups in total. The van der Waals surface area contributed by atoms with Crippen LogP contribution in [0.15, 0.2) is 0 Å². The first-order valence-corrected chi connectivity index (χ1v) is 3.74. The van der Waals surface area contributed by atoms with E-state index in [1.165, 1.54) is 0 Å². The van der Waals surface area contributed by atoms with Gasteiger partial charge in [-0.3, -0.25) is 0 Å². The van der Waals surface area contributed by atoms with Crippen LogP contribution in [-0.4, -0.2) is 31.4 Å². The monoisotopic (exact) mass is 174 g/mol. The Balaban J connectivity index is 2.40. The van der Waals surface area contributed by atoms with Crippen LogP contribution in [-0.2, 0) is 19.0 Å². The number of carbonyl (C=O) groups excluding carboxylic acids is 2. The molecule has 0 amide bonds. The molecule has 5 heteroatoms. The van der Waals surface area contributed by atoms with Crippen molar-refractivity contribution in [1.82, 2.24) is 0 Å². The summed E-state index contributed by atoms with van der Waals surface area (Å²) in [6.45, 7) is 2.19. The number of hydrogen-bond donors (Lipinski definition) is 0. The number of carbonyl (C=O) groups is 2. The fourth-order valence-electron chi connectivity index (χ4n) is 0.860. The number of esters is 1. The summed E-state index contributed by atoms with van der Waals surface area (Å²) < 4.78 is 13.7. The van der Waals surface area contributed by atoms with Gasteiger partial charge in [-0.05, 0) is 6.92 Å². The first kappa shape index (κ1) is 8.83. The second kappa shape index (κ2) is 3.94. The Bertz CT molecular complexity index is 188. The lowest BCUT2D eigenvalue weighted by atomic mass is 10.2. The lowest BCUT2D eigenvalue weighted by molar-refractivity contribution is -0.158. The van der Waals surface area contributed by atoms with E-state index in [9.17, 15) is 9.59 Å². The zero-order chi connectivity index (χ0) is 8.97. The van der Waals surface area contributed by atoms with Crippen molar-refractivity contribution >= 4 is 12.1 Å². The number of rotatable bonds is 2. The Morgan fingerprint density at radius 2 is 2.50 bits per heavy atom. The minimum absolute atomic E-state index is 0.211. The van der Waals surface area contributed by atoms with Crippen molar-refractivity contribution in [2.24, 2.45) is 0 Å². The minimum atomic E-state index is -0.806. The molecule has 1 heterocycles. The molecule has 1 rings (SSSR count). The molecule has 0 spiro atoms. The summed E-state index contributed by atoms with van der Waals surface area (Å²) in [4.78, 5) is 21.5. The van der Waals surface area contributed by atoms with Crippen molar-refractivity contribution in [1.29, 1.82) is 0 Å². The molecular weight excluding hydrogens is 164 g/mol. The average molecular weight is 174 g/mol. The van der Waals surface area contributed by atoms with Crippen LogP contribution in [0.5, 0.6) is 0 Å². The average Bonchev–Trinajstić information content (AvgIpc) is 2.05. The third-order valence-corrected chi connectivity index (χ3v) is 1.39. The van der Waals surface area contributed by atoms with Gasteiger partial charge < -0.3 is 14.2 Å². The molecule has 1 saturated heterocycles. The van der Waals surface area contributed by atoms with E-state index in [2.05, 4.69) is 14.2 Å². The van der Waals surface area contributed by atoms with Gasteiger partial charge in [-0.25, -0.2) is 9.59 Å². The van der Waals surface area contributed by atoms with E-state index in [0.29, 0.717) is 6.42 Å². The largest absolute Gasteiger partial charge is 0.509 e. The zero-order valence-corrected chi connectivity index (χ0v) is 6.74. The Morgan fingerprint density at radius 3 is 3.08 bits per heavy atom. The predicted molar refractivity (Wildman–Crippen MR) is 37.5 cm³/mol. The standard InChI is InChI=1S/C7H10O5/c1-2-10-6(8)5-3-4-11-7(9)12-5/h5H,2-4H2,1H3. The van der Waals surface area contributed by atoms with Gasteiger partial charge in [0.05, 0.1) is 13.2 Å². The Labute approximate surface area is 69.6 Å². The van der Waals surface area contributed by atoms with E-state index in [1.807, 2.05) is 0 Å². The van der Waals surface area contributed by atoms with E-state index in [1.54, 1.807) is 6.92 Å². The van der Waals surface area contributed by atoms with Crippen molar-refractivity contribution in [3.05, 3.63) is 0 Å². The van der Waals surface area contributed by atoms with Crippen LogP contribution in [0.25, 0.3) is 0 Å². The highest BCUT2D eigenvalue weighted by Crippen LogP contribution is 2.09. The van der Waals surface area contributed by atoms with Gasteiger partial charge in [0.2, 0.25) is 6.10 Å². The summed E-state index contributed by atoms with van der Waals surface area (Å²) in [5, 5.41) is 0. The summed E-state index contributed by atoms with van der Waals surface area (Å²) in [5.41, 5.74) is 0. The highest BCUT2D eigenvalue weighted by Gasteiger charge is 2.29. The van der Waals surface area contributed by atoms with E-state index < -0.39 is 18.2 Å².